The van der Waals surface area contributed by atoms with Crippen LogP contribution in [0, 0.1) is 0 Å². The summed E-state index contributed by atoms with van der Waals surface area (Å²) in [6.07, 6.45) is 4.90. The molecule has 0 aliphatic carbocycles. The molecular formula is C22H21N5O4. The molecule has 0 amide bonds. The number of carbonyl (C=O) groups is 1. The second-order valence-electron chi connectivity index (χ2n) is 7.90. The van der Waals surface area contributed by atoms with Crippen LogP contribution in [0.5, 0.6) is 5.88 Å². The van der Waals surface area contributed by atoms with Crippen LogP contribution in [-0.2, 0) is 11.2 Å². The van der Waals surface area contributed by atoms with Gasteiger partial charge in [0.1, 0.15) is 5.69 Å². The second-order valence-corrected chi connectivity index (χ2v) is 7.90. The van der Waals surface area contributed by atoms with Crippen molar-refractivity contribution in [3.8, 4) is 28.9 Å². The first-order chi connectivity index (χ1) is 15.0. The summed E-state index contributed by atoms with van der Waals surface area (Å²) in [5, 5.41) is 14.4. The predicted octanol–water partition coefficient (Wildman–Crippen LogP) is 3.90. The van der Waals surface area contributed by atoms with Crippen molar-refractivity contribution in [3.05, 3.63) is 42.4 Å². The van der Waals surface area contributed by atoms with Crippen LogP contribution < -0.4 is 4.74 Å². The summed E-state index contributed by atoms with van der Waals surface area (Å²) in [4.78, 5) is 24.2. The lowest BCUT2D eigenvalue weighted by atomic mass is 10.1. The number of carboxylic acids is 1. The van der Waals surface area contributed by atoms with E-state index in [1.165, 1.54) is 12.4 Å². The summed E-state index contributed by atoms with van der Waals surface area (Å²) in [7, 11) is 0. The highest BCUT2D eigenvalue weighted by atomic mass is 16.5. The van der Waals surface area contributed by atoms with E-state index in [1.807, 2.05) is 32.0 Å². The van der Waals surface area contributed by atoms with Gasteiger partial charge in [-0.3, -0.25) is 4.79 Å². The predicted molar refractivity (Wildman–Crippen MR) is 112 cm³/mol. The number of rotatable bonds is 6. The summed E-state index contributed by atoms with van der Waals surface area (Å²) in [6.45, 7) is 3.84. The average Bonchev–Trinajstić information content (AvgIpc) is 3.44. The lowest BCUT2D eigenvalue weighted by molar-refractivity contribution is -0.137. The van der Waals surface area contributed by atoms with E-state index in [2.05, 4.69) is 30.7 Å². The van der Waals surface area contributed by atoms with Gasteiger partial charge in [0.15, 0.2) is 0 Å². The molecule has 1 N–H and O–H groups in total. The van der Waals surface area contributed by atoms with Gasteiger partial charge < -0.3 is 18.9 Å². The van der Waals surface area contributed by atoms with Crippen LogP contribution >= 0.6 is 0 Å². The number of nitrogens with zero attached hydrogens (tertiary/aromatic N) is 5. The molecule has 0 spiro atoms. The van der Waals surface area contributed by atoms with Gasteiger partial charge in [-0.2, -0.15) is 4.98 Å². The minimum absolute atomic E-state index is 0.00988. The molecule has 4 heterocycles. The molecule has 1 unspecified atom stereocenters. The molecule has 9 heteroatoms. The van der Waals surface area contributed by atoms with Crippen molar-refractivity contribution >= 4 is 16.9 Å². The van der Waals surface area contributed by atoms with Gasteiger partial charge in [0.2, 0.25) is 11.7 Å². The van der Waals surface area contributed by atoms with Crippen molar-refractivity contribution in [2.75, 3.05) is 0 Å². The maximum absolute atomic E-state index is 11.3. The number of aromatic nitrogens is 5. The minimum Gasteiger partial charge on any atom is -0.481 e. The summed E-state index contributed by atoms with van der Waals surface area (Å²) in [5.74, 6) is 0.346. The number of benzene rings is 1. The topological polar surface area (TPSA) is 116 Å². The Morgan fingerprint density at radius 3 is 2.90 bits per heavy atom. The Kier molecular flexibility index (Phi) is 4.65. The molecule has 4 aromatic rings. The Bertz CT molecular complexity index is 1260. The number of hydrogen-bond donors (Lipinski definition) is 1. The number of carboxylic acid groups (broad SMARTS) is 1. The maximum Gasteiger partial charge on any atom is 0.305 e. The Morgan fingerprint density at radius 1 is 1.29 bits per heavy atom. The van der Waals surface area contributed by atoms with E-state index in [1.54, 1.807) is 0 Å². The Balaban J connectivity index is 1.45. The molecule has 3 aromatic heterocycles. The molecule has 31 heavy (non-hydrogen) atoms. The first-order valence-electron chi connectivity index (χ1n) is 10.2. The van der Waals surface area contributed by atoms with Gasteiger partial charge in [-0.25, -0.2) is 9.97 Å². The van der Waals surface area contributed by atoms with Crippen molar-refractivity contribution in [1.29, 1.82) is 0 Å². The van der Waals surface area contributed by atoms with Crippen LogP contribution in [0.25, 0.3) is 33.9 Å². The van der Waals surface area contributed by atoms with Gasteiger partial charge in [-0.15, -0.1) is 0 Å². The Morgan fingerprint density at radius 2 is 2.16 bits per heavy atom. The standard InChI is InChI=1S/C22H21N5O4/c1-12(2)30-19-11-23-17(10-24-19)22-25-21(26-31-22)14-4-3-13-7-15-5-6-16(9-20(28)29)27(15)18(13)8-14/h3-4,7-8,10-12,16H,5-6,9H2,1-2H3,(H,28,29). The van der Waals surface area contributed by atoms with Crippen LogP contribution in [0.4, 0.5) is 0 Å². The van der Waals surface area contributed by atoms with Crippen LogP contribution in [0.1, 0.15) is 38.4 Å². The molecule has 1 atom stereocenters. The average molecular weight is 419 g/mol. The van der Waals surface area contributed by atoms with Crippen LogP contribution in [-0.4, -0.2) is 41.9 Å². The van der Waals surface area contributed by atoms with Gasteiger partial charge in [-0.1, -0.05) is 17.3 Å². The fourth-order valence-corrected chi connectivity index (χ4v) is 4.05. The molecule has 158 valence electrons. The number of fused-ring (bicyclic) bond motifs is 3. The SMILES string of the molecule is CC(C)Oc1cnc(-c2nc(-c3ccc4cc5n(c4c3)C(CC(=O)O)CC5)no2)cn1. The molecular weight excluding hydrogens is 398 g/mol. The molecule has 0 fully saturated rings. The van der Waals surface area contributed by atoms with Gasteiger partial charge in [0, 0.05) is 22.8 Å². The molecule has 0 bridgehead atoms. The minimum atomic E-state index is -0.787. The van der Waals surface area contributed by atoms with E-state index in [0.29, 0.717) is 17.4 Å². The molecule has 1 aromatic carbocycles. The first kappa shape index (κ1) is 19.2. The van der Waals surface area contributed by atoms with Crippen LogP contribution in [0.2, 0.25) is 0 Å². The molecule has 5 rings (SSSR count). The first-order valence-corrected chi connectivity index (χ1v) is 10.2. The fourth-order valence-electron chi connectivity index (χ4n) is 4.05. The summed E-state index contributed by atoms with van der Waals surface area (Å²) in [6, 6.07) is 8.01. The zero-order valence-electron chi connectivity index (χ0n) is 17.1. The van der Waals surface area contributed by atoms with Crippen molar-refractivity contribution < 1.29 is 19.2 Å². The van der Waals surface area contributed by atoms with Gasteiger partial charge in [0.25, 0.3) is 5.89 Å². The molecule has 9 nitrogen and oxygen atoms in total. The van der Waals surface area contributed by atoms with Gasteiger partial charge in [-0.05, 0) is 44.2 Å². The third-order valence-corrected chi connectivity index (χ3v) is 5.32. The normalized spacial score (nSPS) is 15.5. The van der Waals surface area contributed by atoms with E-state index in [4.69, 9.17) is 9.26 Å². The highest BCUT2D eigenvalue weighted by Gasteiger charge is 2.26. The lowest BCUT2D eigenvalue weighted by Crippen LogP contribution is -2.09. The quantitative estimate of drug-likeness (QED) is 0.500. The van der Waals surface area contributed by atoms with E-state index in [-0.39, 0.29) is 24.5 Å². The second kappa shape index (κ2) is 7.50. The third-order valence-electron chi connectivity index (χ3n) is 5.32. The Labute approximate surface area is 177 Å². The monoisotopic (exact) mass is 419 g/mol. The molecule has 0 saturated heterocycles. The zero-order chi connectivity index (χ0) is 21.5. The maximum atomic E-state index is 11.3. The number of aryl methyl sites for hydroxylation is 1. The van der Waals surface area contributed by atoms with Crippen molar-refractivity contribution in [2.24, 2.45) is 0 Å². The van der Waals surface area contributed by atoms with Gasteiger partial charge >= 0.3 is 5.97 Å². The van der Waals surface area contributed by atoms with Crippen molar-refractivity contribution in [1.82, 2.24) is 24.7 Å². The smallest absolute Gasteiger partial charge is 0.305 e. The van der Waals surface area contributed by atoms with Crippen LogP contribution in [0.3, 0.4) is 0 Å². The Hall–Kier alpha value is -3.75. The van der Waals surface area contributed by atoms with E-state index >= 15 is 0 Å². The highest BCUT2D eigenvalue weighted by molar-refractivity contribution is 5.86. The van der Waals surface area contributed by atoms with E-state index in [9.17, 15) is 9.90 Å². The van der Waals surface area contributed by atoms with Crippen molar-refractivity contribution in [2.45, 2.75) is 45.3 Å². The summed E-state index contributed by atoms with van der Waals surface area (Å²) < 4.78 is 13.0. The van der Waals surface area contributed by atoms with E-state index in [0.717, 1.165) is 35.0 Å². The fraction of sp³-hybridized carbons (Fsp3) is 0.318. The molecule has 1 aliphatic heterocycles. The van der Waals surface area contributed by atoms with E-state index < -0.39 is 5.97 Å². The summed E-state index contributed by atoms with van der Waals surface area (Å²) in [5.41, 5.74) is 3.39. The molecule has 0 saturated carbocycles. The molecule has 1 aliphatic rings. The lowest BCUT2D eigenvalue weighted by Gasteiger charge is -2.13. The summed E-state index contributed by atoms with van der Waals surface area (Å²) >= 11 is 0. The van der Waals surface area contributed by atoms with Crippen LogP contribution in [0.15, 0.2) is 41.2 Å². The van der Waals surface area contributed by atoms with Crippen molar-refractivity contribution in [3.63, 3.8) is 0 Å². The zero-order valence-corrected chi connectivity index (χ0v) is 17.1. The number of ether oxygens (including phenoxy) is 1. The number of aliphatic carboxylic acids is 1. The third kappa shape index (κ3) is 3.63. The molecule has 0 radical (unpaired) electrons. The highest BCUT2D eigenvalue weighted by Crippen LogP contribution is 2.36. The number of hydrogen-bond acceptors (Lipinski definition) is 7. The van der Waals surface area contributed by atoms with Gasteiger partial charge in [0.05, 0.1) is 24.9 Å². The largest absolute Gasteiger partial charge is 0.481 e.